The Labute approximate surface area is 243 Å². The highest BCUT2D eigenvalue weighted by molar-refractivity contribution is 9.10. The van der Waals surface area contributed by atoms with Crippen LogP contribution >= 0.6 is 15.9 Å². The first kappa shape index (κ1) is 25.3. The van der Waals surface area contributed by atoms with Gasteiger partial charge in [-0.25, -0.2) is 5.01 Å². The fraction of sp³-hybridized carbons (Fsp3) is 0.156. The zero-order valence-corrected chi connectivity index (χ0v) is 23.1. The number of carbonyl (C=O) groups is 3. The van der Waals surface area contributed by atoms with Crippen molar-refractivity contribution in [3.8, 4) is 0 Å². The van der Waals surface area contributed by atoms with Gasteiger partial charge in [0.25, 0.3) is 23.4 Å². The topological polar surface area (TPSA) is 101 Å². The second-order valence-electron chi connectivity index (χ2n) is 10.5. The van der Waals surface area contributed by atoms with E-state index >= 15 is 0 Å². The summed E-state index contributed by atoms with van der Waals surface area (Å²) in [5.74, 6) is -3.31. The average molecular weight is 608 g/mol. The van der Waals surface area contributed by atoms with Crippen molar-refractivity contribution in [2.24, 2.45) is 11.8 Å². The molecule has 2 bridgehead atoms. The first-order chi connectivity index (χ1) is 19.8. The van der Waals surface area contributed by atoms with Crippen LogP contribution in [0.3, 0.4) is 0 Å². The molecule has 4 aromatic rings. The molecule has 4 aliphatic rings. The highest BCUT2D eigenvalue weighted by atomic mass is 79.9. The molecule has 1 saturated heterocycles. The molecule has 0 N–H and O–H groups in total. The fourth-order valence-electron chi connectivity index (χ4n) is 6.77. The number of hydrogen-bond acceptors (Lipinski definition) is 5. The number of hydrazine groups is 1. The summed E-state index contributed by atoms with van der Waals surface area (Å²) in [6.45, 7) is -0.0325. The van der Waals surface area contributed by atoms with Gasteiger partial charge in [-0.2, -0.15) is 5.01 Å². The quantitative estimate of drug-likeness (QED) is 0.162. The van der Waals surface area contributed by atoms with E-state index in [1.165, 1.54) is 29.3 Å². The standard InChI is InChI=1S/C32H22BrN3O5/c33-20-13-9-18(10-14-20)17-34(30(37)19-11-15-21(16-12-19)36(40)41)35-31(38)28-26-22-5-1-2-6-23(22)27(29(28)32(35)39)25-8-4-3-7-24(25)26/h1-16,26-29H,17H2/t26?,27?,28-,29+. The number of non-ortho nitro benzene ring substituents is 1. The van der Waals surface area contributed by atoms with E-state index in [0.717, 1.165) is 31.7 Å². The minimum Gasteiger partial charge on any atom is -0.272 e. The maximum Gasteiger partial charge on any atom is 0.273 e. The molecule has 0 spiro atoms. The van der Waals surface area contributed by atoms with Crippen LogP contribution in [0.2, 0.25) is 0 Å². The van der Waals surface area contributed by atoms with Crippen LogP contribution in [0.25, 0.3) is 0 Å². The minimum atomic E-state index is -0.644. The van der Waals surface area contributed by atoms with E-state index in [9.17, 15) is 24.5 Å². The number of rotatable bonds is 5. The molecule has 3 aliphatic carbocycles. The Balaban J connectivity index is 1.33. The number of hydrogen-bond donors (Lipinski definition) is 0. The van der Waals surface area contributed by atoms with Crippen LogP contribution in [0.4, 0.5) is 5.69 Å². The van der Waals surface area contributed by atoms with Gasteiger partial charge in [0, 0.05) is 34.0 Å². The molecule has 4 aromatic carbocycles. The number of imide groups is 1. The van der Waals surface area contributed by atoms with Gasteiger partial charge < -0.3 is 0 Å². The molecule has 9 heteroatoms. The third-order valence-corrected chi connectivity index (χ3v) is 9.00. The lowest BCUT2D eigenvalue weighted by atomic mass is 9.55. The van der Waals surface area contributed by atoms with Crippen molar-refractivity contribution in [1.29, 1.82) is 0 Å². The molecule has 0 unspecified atom stereocenters. The molecule has 8 rings (SSSR count). The number of nitrogens with zero attached hydrogens (tertiary/aromatic N) is 3. The second kappa shape index (κ2) is 9.49. The maximum atomic E-state index is 14.3. The fourth-order valence-corrected chi connectivity index (χ4v) is 7.03. The van der Waals surface area contributed by atoms with E-state index in [0.29, 0.717) is 5.56 Å². The Kier molecular flexibility index (Phi) is 5.86. The van der Waals surface area contributed by atoms with Gasteiger partial charge in [0.05, 0.1) is 23.3 Å². The first-order valence-electron chi connectivity index (χ1n) is 13.2. The molecule has 0 radical (unpaired) electrons. The van der Waals surface area contributed by atoms with Gasteiger partial charge in [-0.15, -0.1) is 0 Å². The molecule has 0 saturated carbocycles. The van der Waals surface area contributed by atoms with E-state index in [2.05, 4.69) is 15.9 Å². The van der Waals surface area contributed by atoms with Crippen molar-refractivity contribution >= 4 is 39.3 Å². The molecule has 202 valence electrons. The average Bonchev–Trinajstić information content (AvgIpc) is 3.26. The SMILES string of the molecule is O=C(c1ccc([N+](=O)[O-])cc1)N(Cc1ccc(Br)cc1)N1C(=O)[C@@H]2C3c4ccccc4C(c4ccccc43)[C@@H]2C1=O. The summed E-state index contributed by atoms with van der Waals surface area (Å²) in [6.07, 6.45) is 0. The smallest absolute Gasteiger partial charge is 0.272 e. The lowest BCUT2D eigenvalue weighted by molar-refractivity contribution is -0.384. The predicted octanol–water partition coefficient (Wildman–Crippen LogP) is 5.81. The summed E-state index contributed by atoms with van der Waals surface area (Å²) in [7, 11) is 0. The summed E-state index contributed by atoms with van der Waals surface area (Å²) < 4.78 is 0.848. The van der Waals surface area contributed by atoms with Gasteiger partial charge >= 0.3 is 0 Å². The Morgan fingerprint density at radius 3 is 1.66 bits per heavy atom. The van der Waals surface area contributed by atoms with Crippen molar-refractivity contribution < 1.29 is 19.3 Å². The Morgan fingerprint density at radius 1 is 0.756 bits per heavy atom. The maximum absolute atomic E-state index is 14.3. The van der Waals surface area contributed by atoms with E-state index in [4.69, 9.17) is 0 Å². The Morgan fingerprint density at radius 2 is 1.22 bits per heavy atom. The number of nitro groups is 1. The third-order valence-electron chi connectivity index (χ3n) is 8.47. The normalized spacial score (nSPS) is 21.7. The van der Waals surface area contributed by atoms with E-state index in [-0.39, 0.29) is 29.6 Å². The van der Waals surface area contributed by atoms with Gasteiger partial charge in [0.1, 0.15) is 0 Å². The summed E-state index contributed by atoms with van der Waals surface area (Å²) in [6, 6.07) is 28.4. The van der Waals surface area contributed by atoms with Crippen molar-refractivity contribution in [2.45, 2.75) is 18.4 Å². The molecule has 1 heterocycles. The number of amides is 3. The van der Waals surface area contributed by atoms with Crippen molar-refractivity contribution in [1.82, 2.24) is 10.0 Å². The van der Waals surface area contributed by atoms with E-state index in [1.807, 2.05) is 72.8 Å². The van der Waals surface area contributed by atoms with E-state index < -0.39 is 34.5 Å². The van der Waals surface area contributed by atoms with Crippen LogP contribution in [-0.2, 0) is 16.1 Å². The van der Waals surface area contributed by atoms with Crippen LogP contribution in [0, 0.1) is 22.0 Å². The number of halogens is 1. The van der Waals surface area contributed by atoms with Crippen LogP contribution in [0.1, 0.15) is 50.0 Å². The first-order valence-corrected chi connectivity index (χ1v) is 14.0. The van der Waals surface area contributed by atoms with Crippen LogP contribution in [0.5, 0.6) is 0 Å². The molecule has 41 heavy (non-hydrogen) atoms. The summed E-state index contributed by atoms with van der Waals surface area (Å²) in [5, 5.41) is 13.4. The largest absolute Gasteiger partial charge is 0.273 e. The Bertz CT molecular complexity index is 1640. The number of nitro benzene ring substituents is 1. The van der Waals surface area contributed by atoms with Crippen LogP contribution in [-0.4, -0.2) is 32.7 Å². The zero-order chi connectivity index (χ0) is 28.4. The monoisotopic (exact) mass is 607 g/mol. The molecular weight excluding hydrogens is 586 g/mol. The zero-order valence-electron chi connectivity index (χ0n) is 21.5. The number of carbonyl (C=O) groups excluding carboxylic acids is 3. The third kappa shape index (κ3) is 3.83. The molecule has 3 amide bonds. The molecule has 8 nitrogen and oxygen atoms in total. The highest BCUT2D eigenvalue weighted by Gasteiger charge is 2.63. The molecule has 1 fully saturated rings. The lowest BCUT2D eigenvalue weighted by Gasteiger charge is -2.45. The van der Waals surface area contributed by atoms with Crippen molar-refractivity contribution in [3.63, 3.8) is 0 Å². The summed E-state index contributed by atoms with van der Waals surface area (Å²) in [5.41, 5.74) is 4.87. The van der Waals surface area contributed by atoms with Gasteiger partial charge in [0.2, 0.25) is 0 Å². The second-order valence-corrected chi connectivity index (χ2v) is 11.5. The molecule has 2 atom stereocenters. The summed E-state index contributed by atoms with van der Waals surface area (Å²) >= 11 is 3.42. The number of benzene rings is 4. The van der Waals surface area contributed by atoms with Gasteiger partial charge in [-0.05, 0) is 52.1 Å². The van der Waals surface area contributed by atoms with Crippen LogP contribution < -0.4 is 0 Å². The Hall–Kier alpha value is -4.63. The van der Waals surface area contributed by atoms with Crippen LogP contribution in [0.15, 0.2) is 102 Å². The molecular formula is C32H22BrN3O5. The van der Waals surface area contributed by atoms with Gasteiger partial charge in [-0.3, -0.25) is 24.5 Å². The predicted molar refractivity (Wildman–Crippen MR) is 153 cm³/mol. The van der Waals surface area contributed by atoms with E-state index in [1.54, 1.807) is 0 Å². The molecule has 1 aliphatic heterocycles. The minimum absolute atomic E-state index is 0.0325. The van der Waals surface area contributed by atoms with Gasteiger partial charge in [-0.1, -0.05) is 76.6 Å². The van der Waals surface area contributed by atoms with Crippen molar-refractivity contribution in [3.05, 3.63) is 145 Å². The van der Waals surface area contributed by atoms with Gasteiger partial charge in [0.15, 0.2) is 0 Å². The van der Waals surface area contributed by atoms with Crippen molar-refractivity contribution in [2.75, 3.05) is 0 Å². The highest BCUT2D eigenvalue weighted by Crippen LogP contribution is 2.61. The summed E-state index contributed by atoms with van der Waals surface area (Å²) in [4.78, 5) is 53.3. The molecule has 0 aromatic heterocycles. The lowest BCUT2D eigenvalue weighted by Crippen LogP contribution is -2.50.